The molecule has 2 rings (SSSR count). The third-order valence-electron chi connectivity index (χ3n) is 2.84. The highest BCUT2D eigenvalue weighted by molar-refractivity contribution is 7.99. The van der Waals surface area contributed by atoms with Crippen molar-refractivity contribution in [1.82, 2.24) is 5.32 Å². The van der Waals surface area contributed by atoms with Crippen LogP contribution in [-0.4, -0.2) is 12.3 Å². The lowest BCUT2D eigenvalue weighted by Gasteiger charge is -2.12. The highest BCUT2D eigenvalue weighted by Gasteiger charge is 2.21. The number of terminal acetylenes is 1. The predicted molar refractivity (Wildman–Crippen MR) is 70.6 cm³/mol. The number of nitrogens with one attached hydrogen (secondary N) is 1. The lowest BCUT2D eigenvalue weighted by atomic mass is 10.1. The number of benzene rings is 1. The maximum absolute atomic E-state index is 5.22. The summed E-state index contributed by atoms with van der Waals surface area (Å²) in [5.74, 6) is 3.84. The highest BCUT2D eigenvalue weighted by atomic mass is 32.2. The molecule has 0 spiro atoms. The third-order valence-corrected chi connectivity index (χ3v) is 4.02. The van der Waals surface area contributed by atoms with Gasteiger partial charge in [-0.15, -0.1) is 24.1 Å². The van der Waals surface area contributed by atoms with Crippen LogP contribution < -0.4 is 5.32 Å². The van der Waals surface area contributed by atoms with E-state index >= 15 is 0 Å². The van der Waals surface area contributed by atoms with Crippen LogP contribution >= 0.6 is 11.8 Å². The average molecular weight is 231 g/mol. The van der Waals surface area contributed by atoms with E-state index in [4.69, 9.17) is 6.42 Å². The zero-order valence-corrected chi connectivity index (χ0v) is 10.2. The summed E-state index contributed by atoms with van der Waals surface area (Å²) < 4.78 is 0. The molecule has 1 nitrogen and oxygen atoms in total. The molecule has 1 heterocycles. The minimum absolute atomic E-state index is 0.534. The second-order valence-corrected chi connectivity index (χ2v) is 5.08. The molecule has 0 aliphatic carbocycles. The molecule has 2 heteroatoms. The molecular formula is C14H17NS. The van der Waals surface area contributed by atoms with Crippen molar-refractivity contribution in [2.24, 2.45) is 0 Å². The Bertz CT molecular complexity index is 381. The van der Waals surface area contributed by atoms with E-state index in [2.05, 4.69) is 35.5 Å². The summed E-state index contributed by atoms with van der Waals surface area (Å²) in [6.07, 6.45) is 8.43. The Balaban J connectivity index is 1.78. The van der Waals surface area contributed by atoms with Crippen molar-refractivity contribution in [2.45, 2.75) is 30.2 Å². The maximum atomic E-state index is 5.22. The van der Waals surface area contributed by atoms with Crippen molar-refractivity contribution < 1.29 is 0 Å². The molecule has 1 atom stereocenters. The van der Waals surface area contributed by atoms with Gasteiger partial charge in [-0.1, -0.05) is 18.2 Å². The van der Waals surface area contributed by atoms with Gasteiger partial charge in [-0.2, -0.15) is 0 Å². The van der Waals surface area contributed by atoms with Gasteiger partial charge in [0.25, 0.3) is 0 Å². The quantitative estimate of drug-likeness (QED) is 0.617. The molecule has 1 aliphatic heterocycles. The fraction of sp³-hybridized carbons (Fsp3) is 0.429. The zero-order valence-electron chi connectivity index (χ0n) is 9.41. The Morgan fingerprint density at radius 1 is 1.38 bits per heavy atom. The Hall–Kier alpha value is -0.910. The van der Waals surface area contributed by atoms with E-state index in [1.165, 1.54) is 16.9 Å². The van der Waals surface area contributed by atoms with Crippen LogP contribution in [0.4, 0.5) is 0 Å². The molecular weight excluding hydrogens is 214 g/mol. The first-order valence-corrected chi connectivity index (χ1v) is 6.79. The van der Waals surface area contributed by atoms with Crippen LogP contribution in [0.15, 0.2) is 29.2 Å². The van der Waals surface area contributed by atoms with Crippen molar-refractivity contribution in [3.05, 3.63) is 29.8 Å². The monoisotopic (exact) mass is 231 g/mol. The fourth-order valence-electron chi connectivity index (χ4n) is 1.96. The number of thioether (sulfide) groups is 1. The van der Waals surface area contributed by atoms with Crippen molar-refractivity contribution in [3.63, 3.8) is 0 Å². The molecule has 0 bridgehead atoms. The first kappa shape index (κ1) is 11.6. The average Bonchev–Trinajstić information content (AvgIpc) is 2.73. The number of hydrogen-bond donors (Lipinski definition) is 1. The molecule has 0 saturated carbocycles. The molecule has 0 fully saturated rings. The van der Waals surface area contributed by atoms with Crippen LogP contribution in [0.5, 0.6) is 0 Å². The van der Waals surface area contributed by atoms with Crippen molar-refractivity contribution in [2.75, 3.05) is 12.3 Å². The smallest absolute Gasteiger partial charge is 0.0426 e. The van der Waals surface area contributed by atoms with E-state index in [0.717, 1.165) is 25.1 Å². The van der Waals surface area contributed by atoms with Gasteiger partial charge < -0.3 is 5.32 Å². The highest BCUT2D eigenvalue weighted by Crippen LogP contribution is 2.37. The molecule has 16 heavy (non-hydrogen) atoms. The second kappa shape index (κ2) is 5.98. The summed E-state index contributed by atoms with van der Waals surface area (Å²) in [7, 11) is 0. The molecule has 0 saturated heterocycles. The van der Waals surface area contributed by atoms with Crippen LogP contribution in [0.3, 0.4) is 0 Å². The van der Waals surface area contributed by atoms with Crippen molar-refractivity contribution >= 4 is 11.8 Å². The van der Waals surface area contributed by atoms with Crippen molar-refractivity contribution in [1.29, 1.82) is 0 Å². The molecule has 1 aliphatic rings. The van der Waals surface area contributed by atoms with Crippen LogP contribution in [0, 0.1) is 12.3 Å². The van der Waals surface area contributed by atoms with Gasteiger partial charge in [0.2, 0.25) is 0 Å². The Kier molecular flexibility index (Phi) is 4.33. The van der Waals surface area contributed by atoms with Gasteiger partial charge in [-0.05, 0) is 31.0 Å². The van der Waals surface area contributed by atoms with Gasteiger partial charge in [0.05, 0.1) is 0 Å². The third kappa shape index (κ3) is 2.81. The van der Waals surface area contributed by atoms with Crippen LogP contribution in [0.2, 0.25) is 0 Å². The van der Waals surface area contributed by atoms with Gasteiger partial charge in [0.15, 0.2) is 0 Å². The van der Waals surface area contributed by atoms with Gasteiger partial charge in [-0.25, -0.2) is 0 Å². The molecule has 0 radical (unpaired) electrons. The number of fused-ring (bicyclic) bond motifs is 1. The summed E-state index contributed by atoms with van der Waals surface area (Å²) in [5, 5.41) is 3.61. The van der Waals surface area contributed by atoms with Gasteiger partial charge in [-0.3, -0.25) is 0 Å². The SMILES string of the molecule is C#CCCCCNC1CSc2ccccc21. The summed E-state index contributed by atoms with van der Waals surface area (Å²) in [4.78, 5) is 1.43. The van der Waals surface area contributed by atoms with Gasteiger partial charge in [0.1, 0.15) is 0 Å². The minimum atomic E-state index is 0.534. The normalized spacial score (nSPS) is 18.1. The zero-order chi connectivity index (χ0) is 11.2. The van der Waals surface area contributed by atoms with E-state index in [9.17, 15) is 0 Å². The topological polar surface area (TPSA) is 12.0 Å². The summed E-state index contributed by atoms with van der Waals surface area (Å²) in [6.45, 7) is 1.07. The van der Waals surface area contributed by atoms with E-state index in [0.29, 0.717) is 6.04 Å². The second-order valence-electron chi connectivity index (χ2n) is 4.02. The first-order chi connectivity index (χ1) is 7.92. The number of hydrogen-bond acceptors (Lipinski definition) is 2. The Labute approximate surface area is 102 Å². The molecule has 0 amide bonds. The number of rotatable bonds is 5. The summed E-state index contributed by atoms with van der Waals surface area (Å²) in [6, 6.07) is 9.21. The van der Waals surface area contributed by atoms with E-state index in [1.54, 1.807) is 0 Å². The molecule has 1 aromatic carbocycles. The standard InChI is InChI=1S/C14H17NS/c1-2-3-4-7-10-15-13-11-16-14-9-6-5-8-12(13)14/h1,5-6,8-9,13,15H,3-4,7,10-11H2. The lowest BCUT2D eigenvalue weighted by Crippen LogP contribution is -2.22. The molecule has 1 N–H and O–H groups in total. The summed E-state index contributed by atoms with van der Waals surface area (Å²) >= 11 is 1.95. The van der Waals surface area contributed by atoms with E-state index in [1.807, 2.05) is 11.8 Å². The predicted octanol–water partition coefficient (Wildman–Crippen LogP) is 3.23. The van der Waals surface area contributed by atoms with Gasteiger partial charge in [0, 0.05) is 23.1 Å². The largest absolute Gasteiger partial charge is 0.309 e. The van der Waals surface area contributed by atoms with Crippen molar-refractivity contribution in [3.8, 4) is 12.3 Å². The van der Waals surface area contributed by atoms with E-state index in [-0.39, 0.29) is 0 Å². The maximum Gasteiger partial charge on any atom is 0.0426 e. The Morgan fingerprint density at radius 2 is 2.25 bits per heavy atom. The van der Waals surface area contributed by atoms with Crippen LogP contribution in [0.25, 0.3) is 0 Å². The molecule has 0 aromatic heterocycles. The molecule has 1 aromatic rings. The van der Waals surface area contributed by atoms with Crippen LogP contribution in [0.1, 0.15) is 30.9 Å². The molecule has 84 valence electrons. The molecule has 1 unspecified atom stereocenters. The number of unbranched alkanes of at least 4 members (excludes halogenated alkanes) is 2. The van der Waals surface area contributed by atoms with E-state index < -0.39 is 0 Å². The summed E-state index contributed by atoms with van der Waals surface area (Å²) in [5.41, 5.74) is 1.46. The fourth-order valence-corrected chi connectivity index (χ4v) is 3.16. The lowest BCUT2D eigenvalue weighted by molar-refractivity contribution is 0.556. The van der Waals surface area contributed by atoms with Crippen LogP contribution in [-0.2, 0) is 0 Å². The minimum Gasteiger partial charge on any atom is -0.309 e. The first-order valence-electron chi connectivity index (χ1n) is 5.80. The Morgan fingerprint density at radius 3 is 3.12 bits per heavy atom. The van der Waals surface area contributed by atoms with Gasteiger partial charge >= 0.3 is 0 Å².